The summed E-state index contributed by atoms with van der Waals surface area (Å²) in [6.07, 6.45) is -1.94. The lowest BCUT2D eigenvalue weighted by Crippen LogP contribution is -2.61. The number of ether oxygens (including phenoxy) is 4. The van der Waals surface area contributed by atoms with Crippen molar-refractivity contribution >= 4 is 35.6 Å². The zero-order chi connectivity index (χ0) is 36.7. The van der Waals surface area contributed by atoms with E-state index in [9.17, 15) is 24.3 Å². The van der Waals surface area contributed by atoms with Gasteiger partial charge in [0.2, 0.25) is 5.91 Å². The second kappa shape index (κ2) is 19.7. The normalized spacial score (nSPS) is 13.7. The van der Waals surface area contributed by atoms with Crippen LogP contribution in [0.15, 0.2) is 84.9 Å². The van der Waals surface area contributed by atoms with Crippen LogP contribution in [0, 0.1) is 0 Å². The van der Waals surface area contributed by atoms with E-state index in [1.807, 2.05) is 72.8 Å². The van der Waals surface area contributed by atoms with Crippen molar-refractivity contribution in [3.63, 3.8) is 0 Å². The predicted molar refractivity (Wildman–Crippen MR) is 190 cm³/mol. The molecular formula is C37H47N3O9S. The van der Waals surface area contributed by atoms with Crippen LogP contribution in [-0.4, -0.2) is 83.2 Å². The van der Waals surface area contributed by atoms with Crippen LogP contribution in [0.3, 0.4) is 0 Å². The van der Waals surface area contributed by atoms with E-state index < -0.39 is 60.3 Å². The average molecular weight is 710 g/mol. The molecule has 0 aromatic heterocycles. The Morgan fingerprint density at radius 3 is 2.00 bits per heavy atom. The number of imide groups is 1. The molecule has 0 saturated heterocycles. The largest absolute Gasteiger partial charge is 0.497 e. The summed E-state index contributed by atoms with van der Waals surface area (Å²) in [5, 5.41) is 12.9. The monoisotopic (exact) mass is 709 g/mol. The number of nitrogens with one attached hydrogen (secondary N) is 1. The fourth-order valence-corrected chi connectivity index (χ4v) is 5.61. The third-order valence-electron chi connectivity index (χ3n) is 7.30. The fraction of sp³-hybridized carbons (Fsp3) is 0.405. The number of thioether (sulfide) groups is 1. The number of nitrogens with two attached hydrogens (primary N) is 1. The molecule has 0 radical (unpaired) electrons. The van der Waals surface area contributed by atoms with Crippen LogP contribution in [0.2, 0.25) is 0 Å². The van der Waals surface area contributed by atoms with Crippen LogP contribution < -0.4 is 15.8 Å². The van der Waals surface area contributed by atoms with Crippen LogP contribution in [0.1, 0.15) is 44.4 Å². The molecule has 0 aliphatic rings. The van der Waals surface area contributed by atoms with Crippen molar-refractivity contribution in [3.05, 3.63) is 102 Å². The Balaban J connectivity index is 1.85. The van der Waals surface area contributed by atoms with Crippen LogP contribution in [0.25, 0.3) is 0 Å². The molecule has 0 fully saturated rings. The quantitative estimate of drug-likeness (QED) is 0.166. The van der Waals surface area contributed by atoms with Gasteiger partial charge in [-0.05, 0) is 56.5 Å². The molecule has 12 nitrogen and oxygen atoms in total. The molecule has 4 N–H and O–H groups in total. The first kappa shape index (κ1) is 40.0. The first-order valence-electron chi connectivity index (χ1n) is 16.1. The molecule has 0 heterocycles. The topological polar surface area (TPSA) is 167 Å². The van der Waals surface area contributed by atoms with E-state index in [1.54, 1.807) is 46.9 Å². The zero-order valence-corrected chi connectivity index (χ0v) is 29.9. The smallest absolute Gasteiger partial charge is 0.417 e. The Morgan fingerprint density at radius 2 is 1.46 bits per heavy atom. The molecule has 13 heteroatoms. The minimum atomic E-state index is -1.64. The van der Waals surface area contributed by atoms with E-state index in [2.05, 4.69) is 5.32 Å². The maximum atomic E-state index is 14.3. The van der Waals surface area contributed by atoms with Crippen molar-refractivity contribution in [2.24, 2.45) is 5.73 Å². The number of carboxylic acid groups (broad SMARTS) is 1. The number of nitrogens with zero attached hydrogens (tertiary/aromatic N) is 1. The Morgan fingerprint density at radius 1 is 0.880 bits per heavy atom. The second-order valence-electron chi connectivity index (χ2n) is 12.5. The summed E-state index contributed by atoms with van der Waals surface area (Å²) in [7, 11) is 1.56. The fourth-order valence-electron chi connectivity index (χ4n) is 4.55. The average Bonchev–Trinajstić information content (AvgIpc) is 3.09. The van der Waals surface area contributed by atoms with Crippen LogP contribution in [0.4, 0.5) is 4.79 Å². The lowest BCUT2D eigenvalue weighted by Gasteiger charge is -2.33. The molecule has 0 bridgehead atoms. The maximum absolute atomic E-state index is 14.3. The Kier molecular flexibility index (Phi) is 15.7. The van der Waals surface area contributed by atoms with Gasteiger partial charge in [-0.2, -0.15) is 11.8 Å². The number of carboxylic acids is 1. The van der Waals surface area contributed by atoms with Crippen LogP contribution in [0.5, 0.6) is 5.75 Å². The summed E-state index contributed by atoms with van der Waals surface area (Å²) in [6.45, 7) is 6.31. The van der Waals surface area contributed by atoms with Crippen molar-refractivity contribution in [1.29, 1.82) is 0 Å². The molecule has 270 valence electrons. The van der Waals surface area contributed by atoms with Crippen molar-refractivity contribution < 1.29 is 43.2 Å². The molecule has 0 aliphatic heterocycles. The molecule has 3 rings (SSSR count). The number of carbonyl (C=O) groups excluding carboxylic acids is 3. The van der Waals surface area contributed by atoms with E-state index in [0.29, 0.717) is 16.4 Å². The number of hydrogen-bond acceptors (Lipinski definition) is 10. The van der Waals surface area contributed by atoms with Gasteiger partial charge in [0.1, 0.15) is 29.5 Å². The van der Waals surface area contributed by atoms with Crippen molar-refractivity contribution in [3.8, 4) is 5.75 Å². The van der Waals surface area contributed by atoms with Gasteiger partial charge in [0.05, 0.1) is 33.0 Å². The van der Waals surface area contributed by atoms with Crippen molar-refractivity contribution in [2.75, 3.05) is 19.5 Å². The van der Waals surface area contributed by atoms with Gasteiger partial charge in [-0.15, -0.1) is 0 Å². The standard InChI is InChI=1S/C37H47N3O9S/c1-25(48-21-27-14-10-7-11-15-27)32(38)33(41)39-30(22-47-20-26-12-8-6-9-13-26)34(42)40(36(45)49-37(2,3)4)31(35(43)44)24-50-23-28-16-18-29(46-5)19-17-28/h6-19,25,30-32H,20-24,38H2,1-5H3,(H,39,41)(H,43,44)/t25-,30+,31+,32+/m1/s1. The van der Waals surface area contributed by atoms with Crippen LogP contribution >= 0.6 is 11.8 Å². The van der Waals surface area contributed by atoms with E-state index in [4.69, 9.17) is 24.7 Å². The van der Waals surface area contributed by atoms with Crippen LogP contribution in [-0.2, 0) is 47.6 Å². The Labute approximate surface area is 297 Å². The summed E-state index contributed by atoms with van der Waals surface area (Å²) >= 11 is 1.21. The van der Waals surface area contributed by atoms with Crippen molar-refractivity contribution in [1.82, 2.24) is 10.2 Å². The van der Waals surface area contributed by atoms with E-state index in [0.717, 1.165) is 16.7 Å². The number of hydrogen-bond donors (Lipinski definition) is 3. The first-order chi connectivity index (χ1) is 23.8. The summed E-state index contributed by atoms with van der Waals surface area (Å²) in [5.41, 5.74) is 7.76. The minimum absolute atomic E-state index is 0.0790. The van der Waals surface area contributed by atoms with Gasteiger partial charge in [0.25, 0.3) is 5.91 Å². The number of benzene rings is 3. The van der Waals surface area contributed by atoms with Gasteiger partial charge in [0.15, 0.2) is 0 Å². The summed E-state index contributed by atoms with van der Waals surface area (Å²) in [4.78, 5) is 54.6. The highest BCUT2D eigenvalue weighted by Gasteiger charge is 2.42. The molecule has 3 amide bonds. The Bertz CT molecular complexity index is 1520. The molecule has 0 spiro atoms. The van der Waals surface area contributed by atoms with E-state index in [1.165, 1.54) is 11.8 Å². The molecule has 0 saturated carbocycles. The number of carbonyl (C=O) groups is 4. The molecule has 50 heavy (non-hydrogen) atoms. The van der Waals surface area contributed by atoms with E-state index in [-0.39, 0.29) is 19.0 Å². The third-order valence-corrected chi connectivity index (χ3v) is 8.39. The highest BCUT2D eigenvalue weighted by molar-refractivity contribution is 7.98. The van der Waals surface area contributed by atoms with Gasteiger partial charge in [0, 0.05) is 11.5 Å². The van der Waals surface area contributed by atoms with Gasteiger partial charge >= 0.3 is 12.1 Å². The summed E-state index contributed by atoms with van der Waals surface area (Å²) in [5.74, 6) is -2.31. The molecule has 3 aromatic carbocycles. The zero-order valence-electron chi connectivity index (χ0n) is 29.1. The van der Waals surface area contributed by atoms with Gasteiger partial charge in [-0.25, -0.2) is 14.5 Å². The molecule has 4 atom stereocenters. The minimum Gasteiger partial charge on any atom is -0.497 e. The molecule has 0 aliphatic carbocycles. The Hall–Kier alpha value is -4.43. The number of rotatable bonds is 18. The number of aliphatic carboxylic acids is 1. The molecule has 3 aromatic rings. The highest BCUT2D eigenvalue weighted by Crippen LogP contribution is 2.21. The SMILES string of the molecule is COc1ccc(CSC[C@@H](C(=O)O)N(C(=O)OC(C)(C)C)C(=O)[C@H](COCc2ccccc2)NC(=O)[C@@H](N)[C@@H](C)OCc2ccccc2)cc1. The second-order valence-corrected chi connectivity index (χ2v) is 13.5. The number of amides is 3. The van der Waals surface area contributed by atoms with E-state index >= 15 is 0 Å². The molecular weight excluding hydrogens is 662 g/mol. The predicted octanol–water partition coefficient (Wildman–Crippen LogP) is 4.78. The lowest BCUT2D eigenvalue weighted by atomic mass is 10.1. The highest BCUT2D eigenvalue weighted by atomic mass is 32.2. The lowest BCUT2D eigenvalue weighted by molar-refractivity contribution is -0.150. The van der Waals surface area contributed by atoms with Gasteiger partial charge in [-0.1, -0.05) is 72.8 Å². The van der Waals surface area contributed by atoms with Gasteiger partial charge in [-0.3, -0.25) is 9.59 Å². The first-order valence-corrected chi connectivity index (χ1v) is 17.3. The maximum Gasteiger partial charge on any atom is 0.417 e. The number of methoxy groups -OCH3 is 1. The summed E-state index contributed by atoms with van der Waals surface area (Å²) < 4.78 is 22.4. The van der Waals surface area contributed by atoms with Gasteiger partial charge < -0.3 is 35.1 Å². The summed E-state index contributed by atoms with van der Waals surface area (Å²) in [6, 6.07) is 21.3. The third kappa shape index (κ3) is 13.1. The van der Waals surface area contributed by atoms with Crippen molar-refractivity contribution in [2.45, 2.75) is 76.5 Å². The molecule has 0 unspecified atom stereocenters.